The Hall–Kier alpha value is -3.42. The van der Waals surface area contributed by atoms with Crippen molar-refractivity contribution >= 4 is 16.8 Å². The van der Waals surface area contributed by atoms with Gasteiger partial charge in [0.2, 0.25) is 0 Å². The molecule has 1 aliphatic heterocycles. The van der Waals surface area contributed by atoms with Crippen LogP contribution >= 0.6 is 0 Å². The monoisotopic (exact) mass is 546 g/mol. The van der Waals surface area contributed by atoms with Gasteiger partial charge < -0.3 is 23.7 Å². The van der Waals surface area contributed by atoms with E-state index in [0.717, 1.165) is 60.5 Å². The summed E-state index contributed by atoms with van der Waals surface area (Å²) in [5.41, 5.74) is 3.86. The molecule has 0 bridgehead atoms. The fourth-order valence-electron chi connectivity index (χ4n) is 4.86. The van der Waals surface area contributed by atoms with Crippen LogP contribution in [0.3, 0.4) is 0 Å². The average Bonchev–Trinajstić information content (AvgIpc) is 2.91. The van der Waals surface area contributed by atoms with Crippen LogP contribution in [-0.4, -0.2) is 69.1 Å². The second kappa shape index (κ2) is 13.3. The minimum atomic E-state index is -0.492. The highest BCUT2D eigenvalue weighted by atomic mass is 16.5. The summed E-state index contributed by atoms with van der Waals surface area (Å²) in [4.78, 5) is 30.6. The number of allylic oxidation sites excluding steroid dienone is 2. The molecule has 2 heterocycles. The zero-order valence-electron chi connectivity index (χ0n) is 24.7. The van der Waals surface area contributed by atoms with E-state index < -0.39 is 5.63 Å². The van der Waals surface area contributed by atoms with Gasteiger partial charge in [-0.15, -0.1) is 0 Å². The van der Waals surface area contributed by atoms with E-state index in [0.29, 0.717) is 29.7 Å². The van der Waals surface area contributed by atoms with Crippen molar-refractivity contribution in [1.82, 2.24) is 9.80 Å². The molecule has 1 fully saturated rings. The maximum atomic E-state index is 13.3. The van der Waals surface area contributed by atoms with Gasteiger partial charge in [-0.05, 0) is 103 Å². The van der Waals surface area contributed by atoms with Crippen LogP contribution in [0.2, 0.25) is 0 Å². The van der Waals surface area contributed by atoms with E-state index in [2.05, 4.69) is 22.9 Å². The van der Waals surface area contributed by atoms with Crippen molar-refractivity contribution < 1.29 is 18.7 Å². The number of ether oxygens (including phenoxy) is 2. The molecular weight excluding hydrogens is 504 g/mol. The molecule has 1 aliphatic rings. The Morgan fingerprint density at radius 3 is 2.50 bits per heavy atom. The standard InChI is InChI=1S/C33H42N2O5/c1-22(2)7-8-25-19-24(9-12-31(25)38-18-17-34(4)5)29(36)21-27-20-26-10-11-30(23(3)32(26)40-33(27)37)39-28-13-15-35(6)16-14-28/h7,9-12,19-20,28H,8,13-18,21H2,1-6H3. The van der Waals surface area contributed by atoms with Gasteiger partial charge in [0.1, 0.15) is 29.8 Å². The number of Topliss-reactive ketones (excluding diaryl/α,β-unsaturated/α-hetero) is 1. The number of fused-ring (bicyclic) bond motifs is 1. The minimum absolute atomic E-state index is 0.0336. The van der Waals surface area contributed by atoms with Gasteiger partial charge in [0.25, 0.3) is 0 Å². The van der Waals surface area contributed by atoms with E-state index in [1.54, 1.807) is 12.1 Å². The number of hydrogen-bond donors (Lipinski definition) is 0. The molecule has 0 radical (unpaired) electrons. The van der Waals surface area contributed by atoms with Gasteiger partial charge in [0.05, 0.1) is 0 Å². The minimum Gasteiger partial charge on any atom is -0.492 e. The SMILES string of the molecule is CC(C)=CCc1cc(C(=O)Cc2cc3ccc(OC4CCN(C)CC4)c(C)c3oc2=O)ccc1OCCN(C)C. The normalized spacial score (nSPS) is 14.5. The number of likely N-dealkylation sites (tertiary alicyclic amines) is 1. The number of hydrogen-bond acceptors (Lipinski definition) is 7. The highest BCUT2D eigenvalue weighted by molar-refractivity contribution is 5.98. The first-order chi connectivity index (χ1) is 19.1. The van der Waals surface area contributed by atoms with Gasteiger partial charge in [-0.2, -0.15) is 0 Å². The number of carbonyl (C=O) groups excluding carboxylic acids is 1. The van der Waals surface area contributed by atoms with Crippen LogP contribution < -0.4 is 15.1 Å². The number of nitrogens with zero attached hydrogens (tertiary/aromatic N) is 2. The van der Waals surface area contributed by atoms with Gasteiger partial charge in [-0.3, -0.25) is 4.79 Å². The Kier molecular flexibility index (Phi) is 9.82. The summed E-state index contributed by atoms with van der Waals surface area (Å²) < 4.78 is 18.0. The van der Waals surface area contributed by atoms with Crippen LogP contribution in [0, 0.1) is 6.92 Å². The van der Waals surface area contributed by atoms with E-state index in [-0.39, 0.29) is 18.3 Å². The molecule has 2 aromatic carbocycles. The first kappa shape index (κ1) is 29.6. The third-order valence-corrected chi connectivity index (χ3v) is 7.39. The van der Waals surface area contributed by atoms with Crippen molar-refractivity contribution in [1.29, 1.82) is 0 Å². The number of likely N-dealkylation sites (N-methyl/N-ethyl adjacent to an activating group) is 1. The van der Waals surface area contributed by atoms with Gasteiger partial charge >= 0.3 is 5.63 Å². The highest BCUT2D eigenvalue weighted by Gasteiger charge is 2.21. The fourth-order valence-corrected chi connectivity index (χ4v) is 4.86. The molecule has 3 aromatic rings. The zero-order chi connectivity index (χ0) is 28.8. The first-order valence-corrected chi connectivity index (χ1v) is 14.1. The smallest absolute Gasteiger partial charge is 0.339 e. The molecule has 40 heavy (non-hydrogen) atoms. The molecule has 1 aromatic heterocycles. The van der Waals surface area contributed by atoms with Crippen molar-refractivity contribution in [3.63, 3.8) is 0 Å². The summed E-state index contributed by atoms with van der Waals surface area (Å²) >= 11 is 0. The second-order valence-electron chi connectivity index (χ2n) is 11.3. The average molecular weight is 547 g/mol. The summed E-state index contributed by atoms with van der Waals surface area (Å²) in [5, 5.41) is 0.782. The fraction of sp³-hybridized carbons (Fsp3) is 0.455. The van der Waals surface area contributed by atoms with Crippen LogP contribution in [0.5, 0.6) is 11.5 Å². The second-order valence-corrected chi connectivity index (χ2v) is 11.3. The van der Waals surface area contributed by atoms with Crippen molar-refractivity contribution in [2.24, 2.45) is 0 Å². The lowest BCUT2D eigenvalue weighted by Gasteiger charge is -2.29. The molecule has 0 amide bonds. The Labute approximate surface area is 237 Å². The lowest BCUT2D eigenvalue weighted by Crippen LogP contribution is -2.35. The largest absolute Gasteiger partial charge is 0.492 e. The van der Waals surface area contributed by atoms with Crippen LogP contribution in [-0.2, 0) is 12.8 Å². The third-order valence-electron chi connectivity index (χ3n) is 7.39. The van der Waals surface area contributed by atoms with E-state index >= 15 is 0 Å². The summed E-state index contributed by atoms with van der Waals surface area (Å²) in [5.74, 6) is 1.38. The Balaban J connectivity index is 1.53. The summed E-state index contributed by atoms with van der Waals surface area (Å²) in [7, 11) is 6.13. The predicted octanol–water partition coefficient (Wildman–Crippen LogP) is 5.45. The molecule has 0 N–H and O–H groups in total. The van der Waals surface area contributed by atoms with Crippen LogP contribution in [0.4, 0.5) is 0 Å². The third kappa shape index (κ3) is 7.61. The summed E-state index contributed by atoms with van der Waals surface area (Å²) in [6.07, 6.45) is 4.85. The van der Waals surface area contributed by atoms with E-state index in [9.17, 15) is 9.59 Å². The Morgan fingerprint density at radius 2 is 1.80 bits per heavy atom. The van der Waals surface area contributed by atoms with E-state index in [4.69, 9.17) is 13.9 Å². The Morgan fingerprint density at radius 1 is 1.07 bits per heavy atom. The summed E-state index contributed by atoms with van der Waals surface area (Å²) in [6, 6.07) is 11.1. The molecule has 0 unspecified atom stereocenters. The lowest BCUT2D eigenvalue weighted by molar-refractivity contribution is 0.0991. The topological polar surface area (TPSA) is 72.2 Å². The molecule has 0 atom stereocenters. The van der Waals surface area contributed by atoms with Crippen molar-refractivity contribution in [2.45, 2.75) is 52.6 Å². The number of benzene rings is 2. The molecule has 4 rings (SSSR count). The van der Waals surface area contributed by atoms with Crippen LogP contribution in [0.15, 0.2) is 57.3 Å². The Bertz CT molecular complexity index is 1430. The molecule has 0 aliphatic carbocycles. The molecular formula is C33H42N2O5. The van der Waals surface area contributed by atoms with Crippen LogP contribution in [0.1, 0.15) is 53.7 Å². The highest BCUT2D eigenvalue weighted by Crippen LogP contribution is 2.30. The maximum Gasteiger partial charge on any atom is 0.339 e. The zero-order valence-corrected chi connectivity index (χ0v) is 24.7. The maximum absolute atomic E-state index is 13.3. The van der Waals surface area contributed by atoms with Crippen molar-refractivity contribution in [3.05, 3.63) is 80.7 Å². The van der Waals surface area contributed by atoms with E-state index in [1.165, 1.54) is 5.57 Å². The number of piperidine rings is 1. The van der Waals surface area contributed by atoms with Crippen molar-refractivity contribution in [2.75, 3.05) is 47.4 Å². The summed E-state index contributed by atoms with van der Waals surface area (Å²) in [6.45, 7) is 9.38. The van der Waals surface area contributed by atoms with Gasteiger partial charge in [-0.1, -0.05) is 11.6 Å². The first-order valence-electron chi connectivity index (χ1n) is 14.1. The number of ketones is 1. The van der Waals surface area contributed by atoms with Gasteiger partial charge in [-0.25, -0.2) is 4.79 Å². The number of carbonyl (C=O) groups is 1. The van der Waals surface area contributed by atoms with Crippen molar-refractivity contribution in [3.8, 4) is 11.5 Å². The quantitative estimate of drug-likeness (QED) is 0.180. The van der Waals surface area contributed by atoms with E-state index in [1.807, 2.05) is 59.1 Å². The molecule has 7 nitrogen and oxygen atoms in total. The predicted molar refractivity (Wildman–Crippen MR) is 160 cm³/mol. The van der Waals surface area contributed by atoms with Gasteiger partial charge in [0.15, 0.2) is 5.78 Å². The number of rotatable bonds is 11. The van der Waals surface area contributed by atoms with Gasteiger partial charge in [0, 0.05) is 48.1 Å². The molecule has 214 valence electrons. The molecule has 0 saturated carbocycles. The molecule has 1 saturated heterocycles. The molecule has 7 heteroatoms. The lowest BCUT2D eigenvalue weighted by atomic mass is 9.99. The van der Waals surface area contributed by atoms with Crippen LogP contribution in [0.25, 0.3) is 11.0 Å². The number of aryl methyl sites for hydroxylation is 1. The molecule has 0 spiro atoms.